The molecule has 104 valence electrons. The lowest BCUT2D eigenvalue weighted by Gasteiger charge is -2.09. The van der Waals surface area contributed by atoms with Gasteiger partial charge in [0, 0.05) is 6.54 Å². The van der Waals surface area contributed by atoms with Crippen LogP contribution in [0.25, 0.3) is 0 Å². The summed E-state index contributed by atoms with van der Waals surface area (Å²) in [5.74, 6) is 0. The van der Waals surface area contributed by atoms with Gasteiger partial charge in [0.25, 0.3) is 0 Å². The molecule has 0 fully saturated rings. The van der Waals surface area contributed by atoms with E-state index in [0.29, 0.717) is 12.1 Å². The summed E-state index contributed by atoms with van der Waals surface area (Å²) in [4.78, 5) is 0. The van der Waals surface area contributed by atoms with Gasteiger partial charge in [-0.3, -0.25) is 0 Å². The van der Waals surface area contributed by atoms with Crippen LogP contribution in [0.15, 0.2) is 24.3 Å². The molecule has 1 aromatic carbocycles. The molecule has 0 saturated carbocycles. The molecule has 1 nitrogen and oxygen atoms in total. The van der Waals surface area contributed by atoms with E-state index in [9.17, 15) is 13.2 Å². The second-order valence-corrected chi connectivity index (χ2v) is 4.08. The Morgan fingerprint density at radius 3 is 2.50 bits per heavy atom. The van der Waals surface area contributed by atoms with Crippen molar-refractivity contribution >= 4 is 12.4 Å². The summed E-state index contributed by atoms with van der Waals surface area (Å²) < 4.78 is 37.3. The fourth-order valence-corrected chi connectivity index (χ4v) is 1.59. The van der Waals surface area contributed by atoms with Crippen LogP contribution < -0.4 is 5.32 Å². The van der Waals surface area contributed by atoms with Gasteiger partial charge >= 0.3 is 6.18 Å². The van der Waals surface area contributed by atoms with E-state index >= 15 is 0 Å². The van der Waals surface area contributed by atoms with E-state index in [4.69, 9.17) is 0 Å². The Balaban J connectivity index is 0.00000289. The SMILES string of the molecule is CCCCCNCc1cccc(C(F)(F)F)c1.Cl. The fourth-order valence-electron chi connectivity index (χ4n) is 1.59. The van der Waals surface area contributed by atoms with Crippen molar-refractivity contribution < 1.29 is 13.2 Å². The lowest BCUT2D eigenvalue weighted by Crippen LogP contribution is -2.15. The fraction of sp³-hybridized carbons (Fsp3) is 0.538. The molecule has 0 aromatic heterocycles. The number of halogens is 4. The third kappa shape index (κ3) is 6.26. The van der Waals surface area contributed by atoms with Gasteiger partial charge in [-0.05, 0) is 24.6 Å². The van der Waals surface area contributed by atoms with Crippen LogP contribution in [0.2, 0.25) is 0 Å². The van der Waals surface area contributed by atoms with E-state index in [2.05, 4.69) is 12.2 Å². The van der Waals surface area contributed by atoms with Gasteiger partial charge in [-0.25, -0.2) is 0 Å². The Bertz CT molecular complexity index is 339. The minimum atomic E-state index is -4.25. The summed E-state index contributed by atoms with van der Waals surface area (Å²) in [5, 5.41) is 3.15. The summed E-state index contributed by atoms with van der Waals surface area (Å²) in [6.45, 7) is 3.46. The quantitative estimate of drug-likeness (QED) is 0.762. The molecule has 0 aliphatic rings. The van der Waals surface area contributed by atoms with E-state index in [0.717, 1.165) is 31.9 Å². The summed E-state index contributed by atoms with van der Waals surface area (Å²) in [6, 6.07) is 5.46. The number of unbranched alkanes of at least 4 members (excludes halogenated alkanes) is 2. The van der Waals surface area contributed by atoms with Gasteiger partial charge in [0.15, 0.2) is 0 Å². The molecule has 1 N–H and O–H groups in total. The second kappa shape index (κ2) is 8.38. The van der Waals surface area contributed by atoms with Crippen molar-refractivity contribution in [2.24, 2.45) is 0 Å². The molecule has 5 heteroatoms. The summed E-state index contributed by atoms with van der Waals surface area (Å²) in [6.07, 6.45) is -0.894. The number of rotatable bonds is 6. The highest BCUT2D eigenvalue weighted by Gasteiger charge is 2.30. The first-order valence-electron chi connectivity index (χ1n) is 5.91. The zero-order valence-electron chi connectivity index (χ0n) is 10.4. The van der Waals surface area contributed by atoms with Crippen molar-refractivity contribution in [1.29, 1.82) is 0 Å². The largest absolute Gasteiger partial charge is 0.416 e. The monoisotopic (exact) mass is 281 g/mol. The maximum Gasteiger partial charge on any atom is 0.416 e. The molecule has 0 saturated heterocycles. The molecule has 18 heavy (non-hydrogen) atoms. The molecule has 0 atom stereocenters. The molecule has 0 aliphatic heterocycles. The van der Waals surface area contributed by atoms with Crippen molar-refractivity contribution in [2.75, 3.05) is 6.54 Å². The molecule has 0 bridgehead atoms. The smallest absolute Gasteiger partial charge is 0.313 e. The van der Waals surface area contributed by atoms with E-state index in [1.807, 2.05) is 0 Å². The van der Waals surface area contributed by atoms with Gasteiger partial charge in [-0.15, -0.1) is 12.4 Å². The number of hydrogen-bond acceptors (Lipinski definition) is 1. The lowest BCUT2D eigenvalue weighted by molar-refractivity contribution is -0.137. The van der Waals surface area contributed by atoms with Gasteiger partial charge < -0.3 is 5.32 Å². The third-order valence-corrected chi connectivity index (χ3v) is 2.54. The van der Waals surface area contributed by atoms with Gasteiger partial charge in [0.05, 0.1) is 5.56 Å². The maximum absolute atomic E-state index is 12.4. The average molecular weight is 282 g/mol. The van der Waals surface area contributed by atoms with Gasteiger partial charge in [-0.1, -0.05) is 38.0 Å². The summed E-state index contributed by atoms with van der Waals surface area (Å²) in [7, 11) is 0. The van der Waals surface area contributed by atoms with E-state index in [1.165, 1.54) is 12.1 Å². The first kappa shape index (κ1) is 17.3. The van der Waals surface area contributed by atoms with Crippen LogP contribution in [-0.2, 0) is 12.7 Å². The Morgan fingerprint density at radius 2 is 1.89 bits per heavy atom. The Kier molecular flexibility index (Phi) is 8.03. The highest BCUT2D eigenvalue weighted by molar-refractivity contribution is 5.85. The molecule has 0 spiro atoms. The van der Waals surface area contributed by atoms with Crippen LogP contribution in [-0.4, -0.2) is 6.54 Å². The molecule has 1 aromatic rings. The molecular weight excluding hydrogens is 263 g/mol. The Hall–Kier alpha value is -0.740. The maximum atomic E-state index is 12.4. The minimum Gasteiger partial charge on any atom is -0.313 e. The van der Waals surface area contributed by atoms with Crippen molar-refractivity contribution in [3.63, 3.8) is 0 Å². The van der Waals surface area contributed by atoms with Crippen LogP contribution in [0.1, 0.15) is 37.3 Å². The van der Waals surface area contributed by atoms with Crippen molar-refractivity contribution in [3.8, 4) is 0 Å². The molecule has 0 radical (unpaired) electrons. The normalized spacial score (nSPS) is 11.1. The predicted molar refractivity (Wildman–Crippen MR) is 69.9 cm³/mol. The van der Waals surface area contributed by atoms with Crippen LogP contribution in [0.4, 0.5) is 13.2 Å². The minimum absolute atomic E-state index is 0. The van der Waals surface area contributed by atoms with Crippen LogP contribution in [0.3, 0.4) is 0 Å². The van der Waals surface area contributed by atoms with E-state index in [-0.39, 0.29) is 12.4 Å². The van der Waals surface area contributed by atoms with Gasteiger partial charge in [-0.2, -0.15) is 13.2 Å². The Morgan fingerprint density at radius 1 is 1.17 bits per heavy atom. The van der Waals surface area contributed by atoms with Crippen LogP contribution in [0, 0.1) is 0 Å². The van der Waals surface area contributed by atoms with Crippen molar-refractivity contribution in [2.45, 2.75) is 38.9 Å². The number of alkyl halides is 3. The third-order valence-electron chi connectivity index (χ3n) is 2.54. The van der Waals surface area contributed by atoms with Gasteiger partial charge in [0.2, 0.25) is 0 Å². The average Bonchev–Trinajstić information content (AvgIpc) is 2.28. The van der Waals surface area contributed by atoms with Crippen LogP contribution in [0.5, 0.6) is 0 Å². The van der Waals surface area contributed by atoms with E-state index in [1.54, 1.807) is 6.07 Å². The standard InChI is InChI=1S/C13H18F3N.ClH/c1-2-3-4-8-17-10-11-6-5-7-12(9-11)13(14,15)16;/h5-7,9,17H,2-4,8,10H2,1H3;1H. The molecule has 1 rings (SSSR count). The number of benzene rings is 1. The zero-order chi connectivity index (χ0) is 12.7. The first-order valence-corrected chi connectivity index (χ1v) is 5.91. The van der Waals surface area contributed by atoms with Crippen LogP contribution >= 0.6 is 12.4 Å². The molecule has 0 unspecified atom stereocenters. The zero-order valence-corrected chi connectivity index (χ0v) is 11.2. The van der Waals surface area contributed by atoms with Crippen molar-refractivity contribution in [1.82, 2.24) is 5.32 Å². The van der Waals surface area contributed by atoms with Crippen molar-refractivity contribution in [3.05, 3.63) is 35.4 Å². The summed E-state index contributed by atoms with van der Waals surface area (Å²) in [5.41, 5.74) is 0.0988. The molecule has 0 aliphatic carbocycles. The molecular formula is C13H19ClF3N. The summed E-state index contributed by atoms with van der Waals surface area (Å²) >= 11 is 0. The predicted octanol–water partition coefficient (Wildman–Crippen LogP) is 4.41. The topological polar surface area (TPSA) is 12.0 Å². The molecule has 0 heterocycles. The van der Waals surface area contributed by atoms with E-state index < -0.39 is 11.7 Å². The lowest BCUT2D eigenvalue weighted by atomic mass is 10.1. The number of nitrogens with one attached hydrogen (secondary N) is 1. The highest BCUT2D eigenvalue weighted by Crippen LogP contribution is 2.29. The van der Waals surface area contributed by atoms with Gasteiger partial charge in [0.1, 0.15) is 0 Å². The first-order chi connectivity index (χ1) is 8.04. The highest BCUT2D eigenvalue weighted by atomic mass is 35.5. The second-order valence-electron chi connectivity index (χ2n) is 4.08. The Labute approximate surface area is 112 Å². The number of hydrogen-bond donors (Lipinski definition) is 1. The molecule has 0 amide bonds.